The van der Waals surface area contributed by atoms with Crippen LogP contribution in [0.2, 0.25) is 0 Å². The van der Waals surface area contributed by atoms with Crippen LogP contribution in [0.3, 0.4) is 0 Å². The summed E-state index contributed by atoms with van der Waals surface area (Å²) in [7, 11) is 0. The van der Waals surface area contributed by atoms with Crippen LogP contribution in [0.1, 0.15) is 41.7 Å². The molecule has 0 bridgehead atoms. The number of nitrogens with one attached hydrogen (secondary N) is 1. The van der Waals surface area contributed by atoms with E-state index >= 15 is 0 Å². The van der Waals surface area contributed by atoms with E-state index in [1.54, 1.807) is 13.8 Å². The molecule has 0 fully saturated rings. The molecule has 7 nitrogen and oxygen atoms in total. The second kappa shape index (κ2) is 8.37. The lowest BCUT2D eigenvalue weighted by Gasteiger charge is -2.11. The van der Waals surface area contributed by atoms with Crippen molar-refractivity contribution in [2.75, 3.05) is 13.2 Å². The first kappa shape index (κ1) is 19.3. The van der Waals surface area contributed by atoms with E-state index in [-0.39, 0.29) is 30.2 Å². The molecule has 0 amide bonds. The van der Waals surface area contributed by atoms with Gasteiger partial charge in [-0.05, 0) is 24.6 Å². The van der Waals surface area contributed by atoms with Gasteiger partial charge in [-0.1, -0.05) is 19.1 Å². The molecule has 0 aliphatic carbocycles. The molecule has 1 unspecified atom stereocenters. The van der Waals surface area contributed by atoms with Gasteiger partial charge in [0.1, 0.15) is 18.1 Å². The maximum atomic E-state index is 13.2. The maximum absolute atomic E-state index is 13.2. The van der Waals surface area contributed by atoms with E-state index in [9.17, 15) is 18.8 Å². The Bertz CT molecular complexity index is 813. The number of H-pyrrole nitrogens is 1. The van der Waals surface area contributed by atoms with Crippen molar-refractivity contribution in [1.29, 1.82) is 0 Å². The topological polar surface area (TPSA) is 98.4 Å². The van der Waals surface area contributed by atoms with E-state index in [1.165, 1.54) is 31.2 Å². The zero-order valence-corrected chi connectivity index (χ0v) is 14.7. The van der Waals surface area contributed by atoms with E-state index in [0.29, 0.717) is 5.56 Å². The molecule has 2 aromatic rings. The van der Waals surface area contributed by atoms with E-state index in [1.807, 2.05) is 0 Å². The zero-order valence-electron chi connectivity index (χ0n) is 14.7. The fourth-order valence-electron chi connectivity index (χ4n) is 2.32. The van der Waals surface area contributed by atoms with Crippen LogP contribution in [0.4, 0.5) is 4.39 Å². The van der Waals surface area contributed by atoms with E-state index in [4.69, 9.17) is 9.47 Å². The van der Waals surface area contributed by atoms with Gasteiger partial charge in [0, 0.05) is 12.5 Å². The van der Waals surface area contributed by atoms with Gasteiger partial charge in [0.05, 0.1) is 12.5 Å². The summed E-state index contributed by atoms with van der Waals surface area (Å²) in [6.07, 6.45) is 0. The lowest BCUT2D eigenvalue weighted by atomic mass is 9.96. The number of aromatic amines is 1. The molecule has 1 atom stereocenters. The number of nitrogens with zero attached hydrogens (tertiary/aromatic N) is 1. The minimum atomic E-state index is -0.675. The minimum absolute atomic E-state index is 0.000636. The Labute approximate surface area is 149 Å². The van der Waals surface area contributed by atoms with E-state index in [0.717, 1.165) is 0 Å². The monoisotopic (exact) mass is 362 g/mol. The summed E-state index contributed by atoms with van der Waals surface area (Å²) in [5.74, 6) is -2.72. The van der Waals surface area contributed by atoms with Crippen molar-refractivity contribution >= 4 is 17.7 Å². The predicted molar refractivity (Wildman–Crippen MR) is 90.1 cm³/mol. The number of hydrogen-bond acceptors (Lipinski definition) is 6. The van der Waals surface area contributed by atoms with Crippen molar-refractivity contribution in [2.24, 2.45) is 5.92 Å². The van der Waals surface area contributed by atoms with Gasteiger partial charge in [-0.3, -0.25) is 14.7 Å². The van der Waals surface area contributed by atoms with Gasteiger partial charge in [0.2, 0.25) is 0 Å². The van der Waals surface area contributed by atoms with Gasteiger partial charge >= 0.3 is 11.9 Å². The van der Waals surface area contributed by atoms with Crippen molar-refractivity contribution in [3.63, 3.8) is 0 Å². The summed E-state index contributed by atoms with van der Waals surface area (Å²) in [6, 6.07) is 5.31. The number of rotatable bonds is 7. The number of carbonyl (C=O) groups excluding carboxylic acids is 3. The molecule has 1 heterocycles. The van der Waals surface area contributed by atoms with E-state index in [2.05, 4.69) is 10.2 Å². The number of carbonyl (C=O) groups is 3. The smallest absolute Gasteiger partial charge is 0.357 e. The fourth-order valence-corrected chi connectivity index (χ4v) is 2.32. The fraction of sp³-hybridized carbons (Fsp3) is 0.333. The highest BCUT2D eigenvalue weighted by Gasteiger charge is 2.28. The molecule has 8 heteroatoms. The number of benzene rings is 1. The summed E-state index contributed by atoms with van der Waals surface area (Å²) in [5.41, 5.74) is 0.662. The van der Waals surface area contributed by atoms with Gasteiger partial charge in [-0.2, -0.15) is 5.10 Å². The van der Waals surface area contributed by atoms with Gasteiger partial charge in [-0.25, -0.2) is 9.18 Å². The Morgan fingerprint density at radius 1 is 1.19 bits per heavy atom. The van der Waals surface area contributed by atoms with Crippen LogP contribution in [0, 0.1) is 11.7 Å². The molecule has 1 N–H and O–H groups in total. The number of ketones is 1. The Morgan fingerprint density at radius 2 is 1.85 bits per heavy atom. The van der Waals surface area contributed by atoms with Gasteiger partial charge in [0.15, 0.2) is 11.5 Å². The highest BCUT2D eigenvalue weighted by Crippen LogP contribution is 2.29. The first-order chi connectivity index (χ1) is 12.3. The van der Waals surface area contributed by atoms with Crippen molar-refractivity contribution < 1.29 is 28.2 Å². The van der Waals surface area contributed by atoms with E-state index < -0.39 is 29.5 Å². The Balaban J connectivity index is 2.45. The number of aromatic nitrogens is 2. The third-order valence-electron chi connectivity index (χ3n) is 3.60. The first-order valence-corrected chi connectivity index (χ1v) is 8.04. The normalized spacial score (nSPS) is 11.7. The average Bonchev–Trinajstić information content (AvgIpc) is 3.04. The van der Waals surface area contributed by atoms with Crippen LogP contribution in [0.25, 0.3) is 11.1 Å². The molecule has 26 heavy (non-hydrogen) atoms. The maximum Gasteiger partial charge on any atom is 0.357 e. The van der Waals surface area contributed by atoms with Gasteiger partial charge in [0.25, 0.3) is 0 Å². The standard InChI is InChI=1S/C18H19FN2O5/c1-4-25-18(24)16-14(12-5-7-13(19)8-6-12)15(20-21-16)17(23)10(2)9-26-11(3)22/h5-8,10H,4,9H2,1-3H3,(H,20,21). The molecule has 1 aromatic heterocycles. The van der Waals surface area contributed by atoms with Crippen LogP contribution >= 0.6 is 0 Å². The predicted octanol–water partition coefficient (Wildman–Crippen LogP) is 2.77. The van der Waals surface area contributed by atoms with Crippen LogP contribution in [-0.2, 0) is 14.3 Å². The summed E-state index contributed by atoms with van der Waals surface area (Å²) >= 11 is 0. The Kier molecular flexibility index (Phi) is 6.21. The molecular formula is C18H19FN2O5. The van der Waals surface area contributed by atoms with Crippen molar-refractivity contribution in [3.05, 3.63) is 41.5 Å². The number of esters is 2. The SMILES string of the molecule is CCOC(=O)c1[nH]nc(C(=O)C(C)COC(C)=O)c1-c1ccc(F)cc1. The third kappa shape index (κ3) is 4.33. The lowest BCUT2D eigenvalue weighted by molar-refractivity contribution is -0.141. The van der Waals surface area contributed by atoms with Gasteiger partial charge < -0.3 is 9.47 Å². The molecule has 0 spiro atoms. The molecule has 1 aromatic carbocycles. The molecule has 0 radical (unpaired) electrons. The average molecular weight is 362 g/mol. The van der Waals surface area contributed by atoms with Crippen LogP contribution < -0.4 is 0 Å². The number of halogens is 1. The highest BCUT2D eigenvalue weighted by molar-refractivity contribution is 6.07. The zero-order chi connectivity index (χ0) is 19.3. The molecular weight excluding hydrogens is 343 g/mol. The number of Topliss-reactive ketones (excluding diaryl/α,β-unsaturated/α-hetero) is 1. The molecule has 0 aliphatic rings. The van der Waals surface area contributed by atoms with Crippen molar-refractivity contribution in [3.8, 4) is 11.1 Å². The number of ether oxygens (including phenoxy) is 2. The summed E-state index contributed by atoms with van der Waals surface area (Å²) in [6.45, 7) is 4.51. The Hall–Kier alpha value is -3.03. The van der Waals surface area contributed by atoms with Crippen LogP contribution in [-0.4, -0.2) is 41.1 Å². The largest absolute Gasteiger partial charge is 0.465 e. The molecule has 2 rings (SSSR count). The summed E-state index contributed by atoms with van der Waals surface area (Å²) in [5, 5.41) is 6.48. The summed E-state index contributed by atoms with van der Waals surface area (Å²) < 4.78 is 23.1. The molecule has 0 saturated heterocycles. The quantitative estimate of drug-likeness (QED) is 0.601. The number of hydrogen-bond donors (Lipinski definition) is 1. The van der Waals surface area contributed by atoms with Crippen molar-refractivity contribution in [1.82, 2.24) is 10.2 Å². The van der Waals surface area contributed by atoms with Crippen LogP contribution in [0.5, 0.6) is 0 Å². The molecule has 0 aliphatic heterocycles. The summed E-state index contributed by atoms with van der Waals surface area (Å²) in [4.78, 5) is 35.8. The van der Waals surface area contributed by atoms with Gasteiger partial charge in [-0.15, -0.1) is 0 Å². The lowest BCUT2D eigenvalue weighted by Crippen LogP contribution is -2.20. The minimum Gasteiger partial charge on any atom is -0.465 e. The molecule has 0 saturated carbocycles. The third-order valence-corrected chi connectivity index (χ3v) is 3.60. The second-order valence-corrected chi connectivity index (χ2v) is 5.62. The van der Waals surface area contributed by atoms with Crippen molar-refractivity contribution in [2.45, 2.75) is 20.8 Å². The highest BCUT2D eigenvalue weighted by atomic mass is 19.1. The van der Waals surface area contributed by atoms with Crippen LogP contribution in [0.15, 0.2) is 24.3 Å². The Morgan fingerprint density at radius 3 is 2.42 bits per heavy atom. The molecule has 138 valence electrons. The first-order valence-electron chi connectivity index (χ1n) is 8.04. The second-order valence-electron chi connectivity index (χ2n) is 5.62.